The summed E-state index contributed by atoms with van der Waals surface area (Å²) in [5.41, 5.74) is 2.00. The third-order valence-electron chi connectivity index (χ3n) is 3.48. The van der Waals surface area contributed by atoms with E-state index in [1.807, 2.05) is 36.5 Å². The predicted octanol–water partition coefficient (Wildman–Crippen LogP) is 2.64. The van der Waals surface area contributed by atoms with Gasteiger partial charge in [0.05, 0.1) is 17.6 Å². The maximum absolute atomic E-state index is 4.50. The maximum Gasteiger partial charge on any atom is 0.0969 e. The van der Waals surface area contributed by atoms with Crippen molar-refractivity contribution in [3.8, 4) is 5.69 Å². The van der Waals surface area contributed by atoms with Crippen LogP contribution in [0.2, 0.25) is 0 Å². The second-order valence-corrected chi connectivity index (χ2v) is 6.49. The molecule has 0 aliphatic carbocycles. The molecular weight excluding hydrogens is 268 g/mol. The second-order valence-electron chi connectivity index (χ2n) is 5.08. The van der Waals surface area contributed by atoms with E-state index in [1.54, 1.807) is 4.80 Å². The minimum absolute atomic E-state index is 0.771. The molecule has 0 radical (unpaired) electrons. The molecular formula is C15H20N4S. The number of benzene rings is 1. The Bertz CT molecular complexity index is 520. The lowest BCUT2D eigenvalue weighted by Crippen LogP contribution is -2.26. The number of rotatable bonds is 5. The van der Waals surface area contributed by atoms with Gasteiger partial charge < -0.3 is 5.32 Å². The number of nitrogens with zero attached hydrogens (tertiary/aromatic N) is 3. The Morgan fingerprint density at radius 3 is 2.95 bits per heavy atom. The van der Waals surface area contributed by atoms with E-state index in [0.717, 1.165) is 29.7 Å². The molecule has 3 rings (SSSR count). The van der Waals surface area contributed by atoms with Crippen LogP contribution in [-0.2, 0) is 6.54 Å². The summed E-state index contributed by atoms with van der Waals surface area (Å²) in [7, 11) is 0. The zero-order chi connectivity index (χ0) is 13.6. The summed E-state index contributed by atoms with van der Waals surface area (Å²) in [5.74, 6) is 1.32. The van der Waals surface area contributed by atoms with E-state index in [0.29, 0.717) is 0 Å². The van der Waals surface area contributed by atoms with E-state index in [2.05, 4.69) is 27.3 Å². The quantitative estimate of drug-likeness (QED) is 0.918. The summed E-state index contributed by atoms with van der Waals surface area (Å²) in [5, 5.41) is 13.1. The second kappa shape index (κ2) is 6.90. The van der Waals surface area contributed by atoms with E-state index in [4.69, 9.17) is 0 Å². The van der Waals surface area contributed by atoms with Crippen molar-refractivity contribution >= 4 is 11.8 Å². The number of thioether (sulfide) groups is 1. The Balaban J connectivity index is 1.50. The molecule has 1 aromatic heterocycles. The zero-order valence-corrected chi connectivity index (χ0v) is 12.4. The highest BCUT2D eigenvalue weighted by Crippen LogP contribution is 2.24. The van der Waals surface area contributed by atoms with Crippen LogP contribution in [0.4, 0.5) is 0 Å². The fourth-order valence-corrected chi connectivity index (χ4v) is 3.66. The van der Waals surface area contributed by atoms with Crippen LogP contribution in [-0.4, -0.2) is 32.5 Å². The molecule has 2 heterocycles. The molecule has 1 saturated heterocycles. The van der Waals surface area contributed by atoms with Gasteiger partial charge >= 0.3 is 0 Å². The van der Waals surface area contributed by atoms with Gasteiger partial charge in [-0.25, -0.2) is 0 Å². The Kier molecular flexibility index (Phi) is 4.71. The molecule has 1 N–H and O–H groups in total. The third-order valence-corrected chi connectivity index (χ3v) is 4.88. The van der Waals surface area contributed by atoms with Crippen molar-refractivity contribution in [1.29, 1.82) is 0 Å². The van der Waals surface area contributed by atoms with E-state index in [1.165, 1.54) is 25.0 Å². The molecule has 0 spiro atoms. The molecule has 20 heavy (non-hydrogen) atoms. The highest BCUT2D eigenvalue weighted by molar-refractivity contribution is 7.99. The first-order chi connectivity index (χ1) is 9.92. The molecule has 1 aliphatic rings. The standard InChI is InChI=1S/C15H20N4S/c1-2-6-14(7-3-1)19-17-11-13(18-19)10-16-12-15-8-4-5-9-20-15/h1-3,6-7,11,15-16H,4-5,8-10,12H2. The highest BCUT2D eigenvalue weighted by atomic mass is 32.2. The average Bonchev–Trinajstić information content (AvgIpc) is 2.98. The molecule has 0 amide bonds. The topological polar surface area (TPSA) is 42.7 Å². The van der Waals surface area contributed by atoms with Gasteiger partial charge in [-0.1, -0.05) is 24.6 Å². The molecule has 106 valence electrons. The van der Waals surface area contributed by atoms with Crippen molar-refractivity contribution in [2.45, 2.75) is 31.1 Å². The van der Waals surface area contributed by atoms with Crippen molar-refractivity contribution < 1.29 is 0 Å². The number of hydrogen-bond donors (Lipinski definition) is 1. The lowest BCUT2D eigenvalue weighted by Gasteiger charge is -2.21. The number of para-hydroxylation sites is 1. The van der Waals surface area contributed by atoms with Gasteiger partial charge in [-0.3, -0.25) is 0 Å². The highest BCUT2D eigenvalue weighted by Gasteiger charge is 2.13. The number of nitrogens with one attached hydrogen (secondary N) is 1. The first-order valence-electron chi connectivity index (χ1n) is 7.21. The van der Waals surface area contributed by atoms with Gasteiger partial charge in [-0.05, 0) is 30.7 Å². The molecule has 4 nitrogen and oxygen atoms in total. The van der Waals surface area contributed by atoms with Crippen LogP contribution in [0.5, 0.6) is 0 Å². The molecule has 1 unspecified atom stereocenters. The van der Waals surface area contributed by atoms with Crippen LogP contribution in [0.25, 0.3) is 5.69 Å². The van der Waals surface area contributed by atoms with Crippen molar-refractivity contribution in [3.63, 3.8) is 0 Å². The van der Waals surface area contributed by atoms with Crippen molar-refractivity contribution in [3.05, 3.63) is 42.2 Å². The Hall–Kier alpha value is -1.33. The predicted molar refractivity (Wildman–Crippen MR) is 83.2 cm³/mol. The minimum Gasteiger partial charge on any atom is -0.310 e. The lowest BCUT2D eigenvalue weighted by molar-refractivity contribution is 0.590. The van der Waals surface area contributed by atoms with Gasteiger partial charge in [0.2, 0.25) is 0 Å². The van der Waals surface area contributed by atoms with Crippen LogP contribution in [0.15, 0.2) is 36.5 Å². The summed E-state index contributed by atoms with van der Waals surface area (Å²) < 4.78 is 0. The van der Waals surface area contributed by atoms with E-state index >= 15 is 0 Å². The fraction of sp³-hybridized carbons (Fsp3) is 0.467. The van der Waals surface area contributed by atoms with Crippen LogP contribution in [0.3, 0.4) is 0 Å². The van der Waals surface area contributed by atoms with E-state index in [-0.39, 0.29) is 0 Å². The van der Waals surface area contributed by atoms with E-state index in [9.17, 15) is 0 Å². The van der Waals surface area contributed by atoms with Crippen LogP contribution < -0.4 is 5.32 Å². The summed E-state index contributed by atoms with van der Waals surface area (Å²) in [6, 6.07) is 10.0. The summed E-state index contributed by atoms with van der Waals surface area (Å²) in [6.07, 6.45) is 5.94. The van der Waals surface area contributed by atoms with E-state index < -0.39 is 0 Å². The number of aromatic nitrogens is 3. The molecule has 1 fully saturated rings. The maximum atomic E-state index is 4.50. The normalized spacial score (nSPS) is 19.1. The van der Waals surface area contributed by atoms with Gasteiger partial charge in [-0.2, -0.15) is 26.8 Å². The molecule has 1 aromatic carbocycles. The molecule has 0 bridgehead atoms. The summed E-state index contributed by atoms with van der Waals surface area (Å²) >= 11 is 2.10. The van der Waals surface area contributed by atoms with Gasteiger partial charge in [0, 0.05) is 18.3 Å². The monoisotopic (exact) mass is 288 g/mol. The summed E-state index contributed by atoms with van der Waals surface area (Å²) in [4.78, 5) is 1.69. The number of hydrogen-bond acceptors (Lipinski definition) is 4. The molecule has 1 atom stereocenters. The Labute approximate surface area is 124 Å². The van der Waals surface area contributed by atoms with Crippen LogP contribution in [0, 0.1) is 0 Å². The van der Waals surface area contributed by atoms with Gasteiger partial charge in [0.25, 0.3) is 0 Å². The van der Waals surface area contributed by atoms with Gasteiger partial charge in [-0.15, -0.1) is 0 Å². The fourth-order valence-electron chi connectivity index (χ4n) is 2.39. The molecule has 1 aliphatic heterocycles. The average molecular weight is 288 g/mol. The summed E-state index contributed by atoms with van der Waals surface area (Å²) in [6.45, 7) is 1.87. The third kappa shape index (κ3) is 3.61. The Morgan fingerprint density at radius 1 is 1.25 bits per heavy atom. The lowest BCUT2D eigenvalue weighted by atomic mass is 10.2. The smallest absolute Gasteiger partial charge is 0.0969 e. The molecule has 2 aromatic rings. The van der Waals surface area contributed by atoms with Crippen LogP contribution >= 0.6 is 11.8 Å². The van der Waals surface area contributed by atoms with Crippen molar-refractivity contribution in [2.24, 2.45) is 0 Å². The van der Waals surface area contributed by atoms with Crippen molar-refractivity contribution in [2.75, 3.05) is 12.3 Å². The van der Waals surface area contributed by atoms with Crippen molar-refractivity contribution in [1.82, 2.24) is 20.3 Å². The largest absolute Gasteiger partial charge is 0.310 e. The Morgan fingerprint density at radius 2 is 2.15 bits per heavy atom. The molecule has 5 heteroatoms. The van der Waals surface area contributed by atoms with Gasteiger partial charge in [0.1, 0.15) is 0 Å². The minimum atomic E-state index is 0.771. The van der Waals surface area contributed by atoms with Gasteiger partial charge in [0.15, 0.2) is 0 Å². The first-order valence-corrected chi connectivity index (χ1v) is 8.26. The zero-order valence-electron chi connectivity index (χ0n) is 11.5. The molecule has 0 saturated carbocycles. The first kappa shape index (κ1) is 13.6. The van der Waals surface area contributed by atoms with Crippen LogP contribution in [0.1, 0.15) is 25.0 Å². The SMILES string of the molecule is c1ccc(-n2ncc(CNCC3CCCCS3)n2)cc1.